The maximum atomic E-state index is 11.5. The normalized spacial score (nSPS) is 21.1. The zero-order valence-corrected chi connectivity index (χ0v) is 9.05. The number of rotatable bonds is 2. The number of hydrogen-bond acceptors (Lipinski definition) is 2. The Morgan fingerprint density at radius 2 is 2.13 bits per heavy atom. The molecule has 1 aliphatic rings. The standard InChI is InChI=1S/C11H13ClN2O/c12-9-4-2-1-3-8(9)7-10-11(15)14-6-5-13-10/h1-4,10,13H,5-7H2,(H,14,15). The van der Waals surface area contributed by atoms with Gasteiger partial charge < -0.3 is 10.6 Å². The third-order valence-corrected chi connectivity index (χ3v) is 2.88. The summed E-state index contributed by atoms with van der Waals surface area (Å²) in [5.74, 6) is 0.0566. The fraction of sp³-hybridized carbons (Fsp3) is 0.364. The van der Waals surface area contributed by atoms with Crippen LogP contribution in [0.1, 0.15) is 5.56 Å². The molecule has 2 rings (SSSR count). The Hall–Kier alpha value is -1.06. The molecule has 0 radical (unpaired) electrons. The molecule has 0 bridgehead atoms. The van der Waals surface area contributed by atoms with Crippen LogP contribution in [0.5, 0.6) is 0 Å². The molecule has 1 aromatic carbocycles. The van der Waals surface area contributed by atoms with Crippen molar-refractivity contribution in [1.82, 2.24) is 10.6 Å². The van der Waals surface area contributed by atoms with Gasteiger partial charge in [0.25, 0.3) is 0 Å². The lowest BCUT2D eigenvalue weighted by Gasteiger charge is -2.23. The molecule has 1 aromatic rings. The molecule has 1 heterocycles. The summed E-state index contributed by atoms with van der Waals surface area (Å²) in [6.45, 7) is 1.53. The van der Waals surface area contributed by atoms with Crippen LogP contribution in [0.2, 0.25) is 5.02 Å². The molecule has 3 nitrogen and oxygen atoms in total. The van der Waals surface area contributed by atoms with Crippen LogP contribution in [0, 0.1) is 0 Å². The molecule has 1 saturated heterocycles. The Labute approximate surface area is 93.8 Å². The summed E-state index contributed by atoms with van der Waals surface area (Å²) >= 11 is 6.03. The monoisotopic (exact) mass is 224 g/mol. The number of carbonyl (C=O) groups is 1. The van der Waals surface area contributed by atoms with E-state index < -0.39 is 0 Å². The molecule has 1 aliphatic heterocycles. The minimum absolute atomic E-state index is 0.0566. The van der Waals surface area contributed by atoms with E-state index in [0.29, 0.717) is 13.0 Å². The van der Waals surface area contributed by atoms with Gasteiger partial charge >= 0.3 is 0 Å². The smallest absolute Gasteiger partial charge is 0.237 e. The van der Waals surface area contributed by atoms with Gasteiger partial charge in [0, 0.05) is 18.1 Å². The van der Waals surface area contributed by atoms with E-state index in [2.05, 4.69) is 10.6 Å². The van der Waals surface area contributed by atoms with Gasteiger partial charge in [-0.1, -0.05) is 29.8 Å². The number of benzene rings is 1. The third-order valence-electron chi connectivity index (χ3n) is 2.51. The van der Waals surface area contributed by atoms with Crippen LogP contribution in [0.15, 0.2) is 24.3 Å². The van der Waals surface area contributed by atoms with E-state index in [0.717, 1.165) is 17.1 Å². The van der Waals surface area contributed by atoms with Crippen LogP contribution in [-0.4, -0.2) is 25.0 Å². The number of hydrogen-bond donors (Lipinski definition) is 2. The second-order valence-electron chi connectivity index (χ2n) is 3.59. The molecule has 0 aliphatic carbocycles. The van der Waals surface area contributed by atoms with Gasteiger partial charge in [-0.15, -0.1) is 0 Å². The molecule has 0 aromatic heterocycles. The van der Waals surface area contributed by atoms with Gasteiger partial charge in [-0.25, -0.2) is 0 Å². The topological polar surface area (TPSA) is 41.1 Å². The van der Waals surface area contributed by atoms with Crippen LogP contribution < -0.4 is 10.6 Å². The lowest BCUT2D eigenvalue weighted by Crippen LogP contribution is -2.53. The highest BCUT2D eigenvalue weighted by Gasteiger charge is 2.21. The van der Waals surface area contributed by atoms with Crippen molar-refractivity contribution >= 4 is 17.5 Å². The average molecular weight is 225 g/mol. The van der Waals surface area contributed by atoms with Crippen molar-refractivity contribution in [2.75, 3.05) is 13.1 Å². The second kappa shape index (κ2) is 4.64. The van der Waals surface area contributed by atoms with Crippen LogP contribution in [0.25, 0.3) is 0 Å². The Bertz CT molecular complexity index is 367. The highest BCUT2D eigenvalue weighted by Crippen LogP contribution is 2.16. The van der Waals surface area contributed by atoms with Gasteiger partial charge in [0.2, 0.25) is 5.91 Å². The molecule has 1 unspecified atom stereocenters. The number of carbonyl (C=O) groups excluding carboxylic acids is 1. The fourth-order valence-electron chi connectivity index (χ4n) is 1.70. The first-order valence-electron chi connectivity index (χ1n) is 5.02. The molecule has 0 saturated carbocycles. The zero-order valence-electron chi connectivity index (χ0n) is 8.29. The summed E-state index contributed by atoms with van der Waals surface area (Å²) in [6, 6.07) is 7.46. The molecule has 4 heteroatoms. The van der Waals surface area contributed by atoms with E-state index in [1.165, 1.54) is 0 Å². The molecule has 1 atom stereocenters. The van der Waals surface area contributed by atoms with Crippen molar-refractivity contribution in [1.29, 1.82) is 0 Å². The molecule has 80 valence electrons. The van der Waals surface area contributed by atoms with Gasteiger partial charge in [0.1, 0.15) is 0 Å². The first kappa shape index (κ1) is 10.5. The molecular formula is C11H13ClN2O. The highest BCUT2D eigenvalue weighted by atomic mass is 35.5. The van der Waals surface area contributed by atoms with E-state index in [1.54, 1.807) is 0 Å². The molecular weight excluding hydrogens is 212 g/mol. The molecule has 15 heavy (non-hydrogen) atoms. The molecule has 1 fully saturated rings. The summed E-state index contributed by atoms with van der Waals surface area (Å²) in [7, 11) is 0. The van der Waals surface area contributed by atoms with Crippen molar-refractivity contribution < 1.29 is 4.79 Å². The van der Waals surface area contributed by atoms with Crippen molar-refractivity contribution in [3.05, 3.63) is 34.9 Å². The number of amides is 1. The van der Waals surface area contributed by atoms with Crippen LogP contribution in [-0.2, 0) is 11.2 Å². The summed E-state index contributed by atoms with van der Waals surface area (Å²) in [5.41, 5.74) is 1.01. The Morgan fingerprint density at radius 1 is 1.33 bits per heavy atom. The van der Waals surface area contributed by atoms with Crippen molar-refractivity contribution in [2.45, 2.75) is 12.5 Å². The Balaban J connectivity index is 2.08. The Morgan fingerprint density at radius 3 is 2.87 bits per heavy atom. The van der Waals surface area contributed by atoms with E-state index in [9.17, 15) is 4.79 Å². The SMILES string of the molecule is O=C1NCCNC1Cc1ccccc1Cl. The van der Waals surface area contributed by atoms with Crippen LogP contribution in [0.3, 0.4) is 0 Å². The number of piperazine rings is 1. The lowest BCUT2D eigenvalue weighted by molar-refractivity contribution is -0.124. The predicted molar refractivity (Wildman–Crippen MR) is 60.0 cm³/mol. The minimum Gasteiger partial charge on any atom is -0.353 e. The van der Waals surface area contributed by atoms with E-state index >= 15 is 0 Å². The van der Waals surface area contributed by atoms with Crippen molar-refractivity contribution in [2.24, 2.45) is 0 Å². The van der Waals surface area contributed by atoms with E-state index in [-0.39, 0.29) is 11.9 Å². The largest absolute Gasteiger partial charge is 0.353 e. The quantitative estimate of drug-likeness (QED) is 0.786. The maximum absolute atomic E-state index is 11.5. The lowest BCUT2D eigenvalue weighted by atomic mass is 10.0. The van der Waals surface area contributed by atoms with Gasteiger partial charge in [-0.3, -0.25) is 4.79 Å². The Kier molecular flexibility index (Phi) is 3.23. The van der Waals surface area contributed by atoms with Crippen molar-refractivity contribution in [3.63, 3.8) is 0 Å². The minimum atomic E-state index is -0.154. The van der Waals surface area contributed by atoms with Gasteiger partial charge in [0.15, 0.2) is 0 Å². The van der Waals surface area contributed by atoms with Crippen LogP contribution >= 0.6 is 11.6 Å². The fourth-order valence-corrected chi connectivity index (χ4v) is 1.91. The molecule has 0 spiro atoms. The summed E-state index contributed by atoms with van der Waals surface area (Å²) in [5, 5.41) is 6.72. The van der Waals surface area contributed by atoms with E-state index in [1.807, 2.05) is 24.3 Å². The zero-order chi connectivity index (χ0) is 10.7. The van der Waals surface area contributed by atoms with Gasteiger partial charge in [-0.05, 0) is 18.1 Å². The average Bonchev–Trinajstić information content (AvgIpc) is 2.24. The predicted octanol–water partition coefficient (Wildman–Crippen LogP) is 0.970. The maximum Gasteiger partial charge on any atom is 0.237 e. The number of halogens is 1. The summed E-state index contributed by atoms with van der Waals surface area (Å²) < 4.78 is 0. The van der Waals surface area contributed by atoms with Gasteiger partial charge in [0.05, 0.1) is 6.04 Å². The summed E-state index contributed by atoms with van der Waals surface area (Å²) in [6.07, 6.45) is 0.644. The van der Waals surface area contributed by atoms with E-state index in [4.69, 9.17) is 11.6 Å². The number of nitrogens with one attached hydrogen (secondary N) is 2. The molecule has 1 amide bonds. The highest BCUT2D eigenvalue weighted by molar-refractivity contribution is 6.31. The van der Waals surface area contributed by atoms with Gasteiger partial charge in [-0.2, -0.15) is 0 Å². The first-order valence-corrected chi connectivity index (χ1v) is 5.39. The van der Waals surface area contributed by atoms with Crippen LogP contribution in [0.4, 0.5) is 0 Å². The third kappa shape index (κ3) is 2.49. The first-order chi connectivity index (χ1) is 7.27. The second-order valence-corrected chi connectivity index (χ2v) is 4.00. The molecule has 2 N–H and O–H groups in total. The summed E-state index contributed by atoms with van der Waals surface area (Å²) in [4.78, 5) is 11.5. The van der Waals surface area contributed by atoms with Crippen molar-refractivity contribution in [3.8, 4) is 0 Å².